The van der Waals surface area contributed by atoms with E-state index in [1.807, 2.05) is 0 Å². The van der Waals surface area contributed by atoms with E-state index < -0.39 is 6.16 Å². The van der Waals surface area contributed by atoms with Gasteiger partial charge in [0.25, 0.3) is 0 Å². The van der Waals surface area contributed by atoms with Crippen molar-refractivity contribution in [3.8, 4) is 0 Å². The fourth-order valence-corrected chi connectivity index (χ4v) is 1.63. The van der Waals surface area contributed by atoms with Gasteiger partial charge in [-0.15, -0.1) is 0 Å². The van der Waals surface area contributed by atoms with Crippen LogP contribution in [0.2, 0.25) is 0 Å². The average molecular weight is 232 g/mol. The largest absolute Gasteiger partial charge is 0.505 e. The Morgan fingerprint density at radius 2 is 1.88 bits per heavy atom. The first-order valence-corrected chi connectivity index (χ1v) is 6.09. The van der Waals surface area contributed by atoms with Crippen molar-refractivity contribution in [2.24, 2.45) is 0 Å². The number of unbranched alkanes of at least 4 members (excludes halogenated alkanes) is 4. The lowest BCUT2D eigenvalue weighted by Gasteiger charge is -2.14. The smallest absolute Gasteiger partial charge is 0.450 e. The van der Waals surface area contributed by atoms with Crippen LogP contribution in [0.25, 0.3) is 0 Å². The van der Waals surface area contributed by atoms with Gasteiger partial charge in [0.15, 0.2) is 0 Å². The molecular formula is C12H24O4. The van der Waals surface area contributed by atoms with Gasteiger partial charge in [0.1, 0.15) is 0 Å². The van der Waals surface area contributed by atoms with Crippen LogP contribution >= 0.6 is 0 Å². The maximum Gasteiger partial charge on any atom is 0.505 e. The summed E-state index contributed by atoms with van der Waals surface area (Å²) in [5, 5.41) is 8.31. The van der Waals surface area contributed by atoms with Crippen LogP contribution < -0.4 is 0 Å². The third kappa shape index (κ3) is 9.77. The van der Waals surface area contributed by atoms with Crippen molar-refractivity contribution in [1.29, 1.82) is 0 Å². The molecule has 0 radical (unpaired) electrons. The van der Waals surface area contributed by atoms with Crippen LogP contribution in [0.15, 0.2) is 0 Å². The number of carboxylic acid groups (broad SMARTS) is 1. The van der Waals surface area contributed by atoms with Gasteiger partial charge in [-0.05, 0) is 6.42 Å². The predicted octanol–water partition coefficient (Wildman–Crippen LogP) is 3.45. The maximum absolute atomic E-state index is 10.1. The lowest BCUT2D eigenvalue weighted by Crippen LogP contribution is -2.15. The molecule has 1 atom stereocenters. The van der Waals surface area contributed by atoms with Gasteiger partial charge in [-0.2, -0.15) is 0 Å². The molecule has 0 amide bonds. The Labute approximate surface area is 97.9 Å². The minimum absolute atomic E-state index is 0.126. The van der Waals surface area contributed by atoms with Crippen LogP contribution in [0.4, 0.5) is 4.79 Å². The summed E-state index contributed by atoms with van der Waals surface area (Å²) in [4.78, 5) is 10.1. The third-order valence-electron chi connectivity index (χ3n) is 2.63. The summed E-state index contributed by atoms with van der Waals surface area (Å²) in [5.74, 6) is 0. The van der Waals surface area contributed by atoms with Gasteiger partial charge in [0, 0.05) is 13.5 Å². The van der Waals surface area contributed by atoms with Crippen molar-refractivity contribution in [2.45, 2.75) is 58.0 Å². The highest BCUT2D eigenvalue weighted by Crippen LogP contribution is 2.11. The van der Waals surface area contributed by atoms with E-state index in [0.29, 0.717) is 6.42 Å². The second-order valence-electron chi connectivity index (χ2n) is 3.96. The van der Waals surface area contributed by atoms with Gasteiger partial charge in [0.05, 0.1) is 12.7 Å². The molecule has 0 aromatic carbocycles. The molecule has 1 N–H and O–H groups in total. The van der Waals surface area contributed by atoms with E-state index in [1.165, 1.54) is 25.7 Å². The highest BCUT2D eigenvalue weighted by Gasteiger charge is 2.08. The molecule has 0 fully saturated rings. The zero-order valence-corrected chi connectivity index (χ0v) is 10.4. The number of methoxy groups -OCH3 is 1. The number of hydrogen-bond donors (Lipinski definition) is 1. The standard InChI is InChI=1S/C12H24O4/c1-3-4-5-6-7-8-11(15-2)9-10-16-12(13)14/h11H,3-10H2,1-2H3,(H,13,14). The SMILES string of the molecule is CCCCCCCC(CCOC(=O)O)OC. The van der Waals surface area contributed by atoms with Crippen molar-refractivity contribution in [3.63, 3.8) is 0 Å². The van der Waals surface area contributed by atoms with E-state index in [9.17, 15) is 4.79 Å². The van der Waals surface area contributed by atoms with Crippen molar-refractivity contribution >= 4 is 6.16 Å². The number of ether oxygens (including phenoxy) is 2. The van der Waals surface area contributed by atoms with Gasteiger partial charge in [-0.25, -0.2) is 4.79 Å². The molecule has 4 nitrogen and oxygen atoms in total. The summed E-state index contributed by atoms with van der Waals surface area (Å²) in [6.07, 6.45) is 6.75. The Bertz CT molecular complexity index is 170. The van der Waals surface area contributed by atoms with Crippen LogP contribution in [0, 0.1) is 0 Å². The van der Waals surface area contributed by atoms with Gasteiger partial charge < -0.3 is 14.6 Å². The van der Waals surface area contributed by atoms with E-state index in [-0.39, 0.29) is 12.7 Å². The Hall–Kier alpha value is -0.770. The summed E-state index contributed by atoms with van der Waals surface area (Å²) >= 11 is 0. The molecule has 0 saturated heterocycles. The Kier molecular flexibility index (Phi) is 10.2. The minimum Gasteiger partial charge on any atom is -0.450 e. The van der Waals surface area contributed by atoms with Crippen LogP contribution in [0.5, 0.6) is 0 Å². The first-order valence-electron chi connectivity index (χ1n) is 6.09. The molecule has 0 bridgehead atoms. The lowest BCUT2D eigenvalue weighted by molar-refractivity contribution is 0.0466. The van der Waals surface area contributed by atoms with E-state index in [1.54, 1.807) is 7.11 Å². The molecule has 96 valence electrons. The zero-order chi connectivity index (χ0) is 12.2. The van der Waals surface area contributed by atoms with Crippen LogP contribution in [-0.2, 0) is 9.47 Å². The average Bonchev–Trinajstić information content (AvgIpc) is 2.26. The fraction of sp³-hybridized carbons (Fsp3) is 0.917. The normalized spacial score (nSPS) is 12.4. The van der Waals surface area contributed by atoms with Crippen molar-refractivity contribution < 1.29 is 19.4 Å². The monoisotopic (exact) mass is 232 g/mol. The van der Waals surface area contributed by atoms with Crippen LogP contribution in [0.3, 0.4) is 0 Å². The third-order valence-corrected chi connectivity index (χ3v) is 2.63. The first-order chi connectivity index (χ1) is 7.70. The molecule has 0 aliphatic carbocycles. The molecule has 0 aromatic rings. The summed E-state index contributed by atoms with van der Waals surface area (Å²) in [7, 11) is 1.66. The molecule has 0 aromatic heterocycles. The summed E-state index contributed by atoms with van der Waals surface area (Å²) in [5.41, 5.74) is 0. The summed E-state index contributed by atoms with van der Waals surface area (Å²) < 4.78 is 9.72. The second-order valence-corrected chi connectivity index (χ2v) is 3.96. The second kappa shape index (κ2) is 10.7. The van der Waals surface area contributed by atoms with Crippen molar-refractivity contribution in [3.05, 3.63) is 0 Å². The number of rotatable bonds is 10. The topological polar surface area (TPSA) is 55.8 Å². The molecule has 4 heteroatoms. The molecule has 0 spiro atoms. The highest BCUT2D eigenvalue weighted by atomic mass is 16.7. The Morgan fingerprint density at radius 1 is 1.19 bits per heavy atom. The zero-order valence-electron chi connectivity index (χ0n) is 10.4. The Balaban J connectivity index is 3.40. The van der Waals surface area contributed by atoms with E-state index in [2.05, 4.69) is 11.7 Å². The molecule has 1 unspecified atom stereocenters. The molecule has 0 aliphatic heterocycles. The predicted molar refractivity (Wildman–Crippen MR) is 62.8 cm³/mol. The summed E-state index contributed by atoms with van der Waals surface area (Å²) in [6, 6.07) is 0. The maximum atomic E-state index is 10.1. The highest BCUT2D eigenvalue weighted by molar-refractivity contribution is 5.56. The molecular weight excluding hydrogens is 208 g/mol. The van der Waals surface area contributed by atoms with Gasteiger partial charge in [0.2, 0.25) is 0 Å². The number of hydrogen-bond acceptors (Lipinski definition) is 3. The summed E-state index contributed by atoms with van der Waals surface area (Å²) in [6.45, 7) is 2.42. The lowest BCUT2D eigenvalue weighted by atomic mass is 10.1. The quantitative estimate of drug-likeness (QED) is 0.463. The van der Waals surface area contributed by atoms with Gasteiger partial charge in [-0.1, -0.05) is 39.0 Å². The van der Waals surface area contributed by atoms with E-state index in [4.69, 9.17) is 9.84 Å². The van der Waals surface area contributed by atoms with Crippen molar-refractivity contribution in [2.75, 3.05) is 13.7 Å². The number of carbonyl (C=O) groups is 1. The first kappa shape index (κ1) is 15.2. The van der Waals surface area contributed by atoms with Gasteiger partial charge in [-0.3, -0.25) is 0 Å². The molecule has 0 aliphatic rings. The van der Waals surface area contributed by atoms with E-state index >= 15 is 0 Å². The van der Waals surface area contributed by atoms with Crippen LogP contribution in [0.1, 0.15) is 51.9 Å². The Morgan fingerprint density at radius 3 is 2.44 bits per heavy atom. The molecule has 0 saturated carbocycles. The fourth-order valence-electron chi connectivity index (χ4n) is 1.63. The minimum atomic E-state index is -1.21. The van der Waals surface area contributed by atoms with Crippen molar-refractivity contribution in [1.82, 2.24) is 0 Å². The van der Waals surface area contributed by atoms with Gasteiger partial charge >= 0.3 is 6.16 Å². The molecule has 16 heavy (non-hydrogen) atoms. The van der Waals surface area contributed by atoms with E-state index in [0.717, 1.165) is 12.8 Å². The van der Waals surface area contributed by atoms with Crippen LogP contribution in [-0.4, -0.2) is 31.1 Å². The molecule has 0 rings (SSSR count). The molecule has 0 heterocycles.